The third-order valence-electron chi connectivity index (χ3n) is 5.53. The van der Waals surface area contributed by atoms with Crippen molar-refractivity contribution in [3.8, 4) is 11.5 Å². The topological polar surface area (TPSA) is 48.0 Å². The van der Waals surface area contributed by atoms with E-state index in [-0.39, 0.29) is 17.6 Å². The molecule has 1 amide bonds. The Balaban J connectivity index is 2.00. The number of nitrogens with zero attached hydrogens (tertiary/aromatic N) is 1. The highest BCUT2D eigenvalue weighted by atomic mass is 16.5. The normalized spacial score (nSPS) is 26.6. The molecule has 1 aliphatic carbocycles. The Morgan fingerprint density at radius 3 is 2.61 bits per heavy atom. The lowest BCUT2D eigenvalue weighted by Crippen LogP contribution is -2.47. The first-order valence-electron chi connectivity index (χ1n) is 8.23. The van der Waals surface area contributed by atoms with Gasteiger partial charge in [-0.15, -0.1) is 0 Å². The van der Waals surface area contributed by atoms with E-state index >= 15 is 0 Å². The van der Waals surface area contributed by atoms with Crippen LogP contribution in [-0.2, 0) is 10.2 Å². The van der Waals surface area contributed by atoms with Crippen molar-refractivity contribution in [3.63, 3.8) is 0 Å². The van der Waals surface area contributed by atoms with Crippen molar-refractivity contribution in [3.05, 3.63) is 23.8 Å². The van der Waals surface area contributed by atoms with Crippen LogP contribution in [0.2, 0.25) is 0 Å². The van der Waals surface area contributed by atoms with E-state index in [4.69, 9.17) is 14.2 Å². The van der Waals surface area contributed by atoms with Crippen LogP contribution in [-0.4, -0.2) is 44.9 Å². The molecule has 0 radical (unpaired) electrons. The molecule has 1 saturated carbocycles. The van der Waals surface area contributed by atoms with Gasteiger partial charge in [-0.3, -0.25) is 0 Å². The highest BCUT2D eigenvalue weighted by molar-refractivity contribution is 5.69. The van der Waals surface area contributed by atoms with Crippen LogP contribution >= 0.6 is 0 Å². The quantitative estimate of drug-likeness (QED) is 0.857. The summed E-state index contributed by atoms with van der Waals surface area (Å²) in [5.41, 5.74) is 1.25. The molecular formula is C18H25NO4. The smallest absolute Gasteiger partial charge is 0.409 e. The van der Waals surface area contributed by atoms with E-state index < -0.39 is 0 Å². The first kappa shape index (κ1) is 16.0. The predicted molar refractivity (Wildman–Crippen MR) is 87.2 cm³/mol. The first-order chi connectivity index (χ1) is 11.2. The van der Waals surface area contributed by atoms with Crippen molar-refractivity contribution in [1.29, 1.82) is 0 Å². The molecule has 126 valence electrons. The second-order valence-corrected chi connectivity index (χ2v) is 6.40. The molecule has 1 aromatic rings. The van der Waals surface area contributed by atoms with Crippen LogP contribution in [0, 0.1) is 0 Å². The summed E-state index contributed by atoms with van der Waals surface area (Å²) in [6, 6.07) is 6.38. The molecule has 2 aliphatic rings. The van der Waals surface area contributed by atoms with Gasteiger partial charge in [-0.25, -0.2) is 4.79 Å². The number of likely N-dealkylation sites (tertiary alicyclic amines) is 1. The summed E-state index contributed by atoms with van der Waals surface area (Å²) < 4.78 is 15.8. The fourth-order valence-corrected chi connectivity index (χ4v) is 4.41. The van der Waals surface area contributed by atoms with E-state index in [0.29, 0.717) is 0 Å². The average molecular weight is 319 g/mol. The second-order valence-electron chi connectivity index (χ2n) is 6.40. The third kappa shape index (κ3) is 2.52. The van der Waals surface area contributed by atoms with Gasteiger partial charge in [0.05, 0.1) is 21.3 Å². The second kappa shape index (κ2) is 6.30. The minimum Gasteiger partial charge on any atom is -0.493 e. The maximum atomic E-state index is 12.1. The van der Waals surface area contributed by atoms with E-state index in [1.807, 2.05) is 11.0 Å². The van der Waals surface area contributed by atoms with Crippen molar-refractivity contribution in [2.24, 2.45) is 0 Å². The Bertz CT molecular complexity index is 588. The standard InChI is InChI=1S/C18H25NO4/c1-21-14-8-7-13(12-15(14)22-2)18-9-5-4-6-16(18)19(11-10-18)17(20)23-3/h7-8,12,16H,4-6,9-11H2,1-3H3/t16-,18-/m0/s1. The molecule has 0 spiro atoms. The minimum absolute atomic E-state index is 0.00594. The Labute approximate surface area is 137 Å². The first-order valence-corrected chi connectivity index (χ1v) is 8.23. The van der Waals surface area contributed by atoms with Crippen LogP contribution in [0.3, 0.4) is 0 Å². The third-order valence-corrected chi connectivity index (χ3v) is 5.53. The van der Waals surface area contributed by atoms with Gasteiger partial charge in [0.15, 0.2) is 11.5 Å². The Kier molecular flexibility index (Phi) is 4.37. The molecule has 0 unspecified atom stereocenters. The van der Waals surface area contributed by atoms with Crippen molar-refractivity contribution in [2.75, 3.05) is 27.9 Å². The lowest BCUT2D eigenvalue weighted by molar-refractivity contribution is 0.0992. The Morgan fingerprint density at radius 2 is 1.91 bits per heavy atom. The zero-order valence-electron chi connectivity index (χ0n) is 14.1. The number of hydrogen-bond donors (Lipinski definition) is 0. The summed E-state index contributed by atoms with van der Waals surface area (Å²) in [7, 11) is 4.77. The highest BCUT2D eigenvalue weighted by Gasteiger charge is 2.51. The molecule has 0 bridgehead atoms. The van der Waals surface area contributed by atoms with Gasteiger partial charge in [0.1, 0.15) is 0 Å². The number of hydrogen-bond acceptors (Lipinski definition) is 4. The van der Waals surface area contributed by atoms with Crippen LogP contribution < -0.4 is 9.47 Å². The fourth-order valence-electron chi connectivity index (χ4n) is 4.41. The fraction of sp³-hybridized carbons (Fsp3) is 0.611. The van der Waals surface area contributed by atoms with Gasteiger partial charge in [-0.2, -0.15) is 0 Å². The maximum Gasteiger partial charge on any atom is 0.409 e. The molecule has 1 heterocycles. The molecule has 3 rings (SSSR count). The Hall–Kier alpha value is -1.91. The summed E-state index contributed by atoms with van der Waals surface area (Å²) >= 11 is 0. The van der Waals surface area contributed by atoms with Crippen molar-refractivity contribution in [2.45, 2.75) is 43.6 Å². The number of rotatable bonds is 3. The monoisotopic (exact) mass is 319 g/mol. The van der Waals surface area contributed by atoms with Crippen molar-refractivity contribution in [1.82, 2.24) is 4.90 Å². The number of carbonyl (C=O) groups is 1. The van der Waals surface area contributed by atoms with Crippen LogP contribution in [0.1, 0.15) is 37.7 Å². The van der Waals surface area contributed by atoms with Gasteiger partial charge in [-0.1, -0.05) is 18.9 Å². The zero-order chi connectivity index (χ0) is 16.4. The van der Waals surface area contributed by atoms with Gasteiger partial charge >= 0.3 is 6.09 Å². The SMILES string of the molecule is COC(=O)N1CC[C@]2(c3ccc(OC)c(OC)c3)CCCC[C@H]12. The number of ether oxygens (including phenoxy) is 3. The molecule has 5 nitrogen and oxygen atoms in total. The molecule has 5 heteroatoms. The zero-order valence-corrected chi connectivity index (χ0v) is 14.1. The van der Waals surface area contributed by atoms with Crippen LogP contribution in [0.15, 0.2) is 18.2 Å². The summed E-state index contributed by atoms with van der Waals surface area (Å²) in [4.78, 5) is 14.0. The van der Waals surface area contributed by atoms with Gasteiger partial charge in [0.25, 0.3) is 0 Å². The van der Waals surface area contributed by atoms with Crippen molar-refractivity contribution < 1.29 is 19.0 Å². The van der Waals surface area contributed by atoms with Gasteiger partial charge in [0.2, 0.25) is 0 Å². The van der Waals surface area contributed by atoms with Gasteiger partial charge in [0, 0.05) is 18.0 Å². The van der Waals surface area contributed by atoms with Crippen molar-refractivity contribution >= 4 is 6.09 Å². The summed E-state index contributed by atoms with van der Waals surface area (Å²) in [5, 5.41) is 0. The lowest BCUT2D eigenvalue weighted by atomic mass is 9.66. The maximum absolute atomic E-state index is 12.1. The summed E-state index contributed by atoms with van der Waals surface area (Å²) in [5.74, 6) is 1.49. The lowest BCUT2D eigenvalue weighted by Gasteiger charge is -2.42. The van der Waals surface area contributed by atoms with Crippen LogP contribution in [0.5, 0.6) is 11.5 Å². The summed E-state index contributed by atoms with van der Waals surface area (Å²) in [6.07, 6.45) is 5.25. The molecule has 2 atom stereocenters. The molecule has 1 aliphatic heterocycles. The van der Waals surface area contributed by atoms with E-state index in [1.165, 1.54) is 19.1 Å². The summed E-state index contributed by atoms with van der Waals surface area (Å²) in [6.45, 7) is 0.756. The van der Waals surface area contributed by atoms with Crippen LogP contribution in [0.25, 0.3) is 0 Å². The van der Waals surface area contributed by atoms with Gasteiger partial charge in [-0.05, 0) is 37.0 Å². The van der Waals surface area contributed by atoms with E-state index in [9.17, 15) is 4.79 Å². The number of fused-ring (bicyclic) bond motifs is 1. The largest absolute Gasteiger partial charge is 0.493 e. The molecular weight excluding hydrogens is 294 g/mol. The number of benzene rings is 1. The number of methoxy groups -OCH3 is 3. The number of carbonyl (C=O) groups excluding carboxylic acids is 1. The molecule has 0 N–H and O–H groups in total. The highest BCUT2D eigenvalue weighted by Crippen LogP contribution is 2.50. The molecule has 23 heavy (non-hydrogen) atoms. The molecule has 1 aromatic carbocycles. The van der Waals surface area contributed by atoms with Crippen LogP contribution in [0.4, 0.5) is 4.79 Å². The minimum atomic E-state index is -0.209. The average Bonchev–Trinajstić information content (AvgIpc) is 3.01. The Morgan fingerprint density at radius 1 is 1.13 bits per heavy atom. The number of amides is 1. The van der Waals surface area contributed by atoms with Gasteiger partial charge < -0.3 is 19.1 Å². The molecule has 2 fully saturated rings. The molecule has 1 saturated heterocycles. The molecule has 0 aromatic heterocycles. The predicted octanol–water partition coefficient (Wildman–Crippen LogP) is 3.36. The van der Waals surface area contributed by atoms with E-state index in [2.05, 4.69) is 12.1 Å². The van der Waals surface area contributed by atoms with E-state index in [1.54, 1.807) is 14.2 Å². The van der Waals surface area contributed by atoms with E-state index in [0.717, 1.165) is 43.7 Å².